The van der Waals surface area contributed by atoms with Crippen LogP contribution in [0.5, 0.6) is 0 Å². The van der Waals surface area contributed by atoms with Gasteiger partial charge >= 0.3 is 0 Å². The van der Waals surface area contributed by atoms with E-state index in [1.165, 1.54) is 0 Å². The number of aromatic nitrogens is 3. The monoisotopic (exact) mass is 273 g/mol. The third-order valence-electron chi connectivity index (χ3n) is 2.41. The summed E-state index contributed by atoms with van der Waals surface area (Å²) in [5.74, 6) is 0. The molecular weight excluding hydrogens is 262 g/mol. The summed E-state index contributed by atoms with van der Waals surface area (Å²) in [4.78, 5) is 7.96. The molecule has 0 saturated heterocycles. The summed E-state index contributed by atoms with van der Waals surface area (Å²) in [6.45, 7) is 3.96. The van der Waals surface area contributed by atoms with Crippen molar-refractivity contribution >= 4 is 32.5 Å². The van der Waals surface area contributed by atoms with Gasteiger partial charge in [0.15, 0.2) is 14.9 Å². The number of imidazole rings is 1. The summed E-state index contributed by atoms with van der Waals surface area (Å²) in [5.41, 5.74) is 1.05. The normalized spacial score (nSPS) is 12.5. The molecule has 0 aliphatic carbocycles. The molecule has 2 aromatic heterocycles. The first kappa shape index (κ1) is 12.3. The van der Waals surface area contributed by atoms with Crippen LogP contribution >= 0.6 is 11.6 Å². The number of sulfone groups is 1. The lowest BCUT2D eigenvalue weighted by Crippen LogP contribution is -2.03. The van der Waals surface area contributed by atoms with Gasteiger partial charge in [-0.15, -0.1) is 0 Å². The fourth-order valence-electron chi connectivity index (χ4n) is 1.64. The molecule has 2 rings (SSSR count). The minimum absolute atomic E-state index is 0.0700. The summed E-state index contributed by atoms with van der Waals surface area (Å²) in [6.07, 6.45) is 2.70. The second-order valence-corrected chi connectivity index (χ2v) is 6.45. The number of nitrogens with zero attached hydrogens (tertiary/aromatic N) is 3. The minimum Gasteiger partial charge on any atom is -0.328 e. The van der Waals surface area contributed by atoms with Gasteiger partial charge in [-0.1, -0.05) is 11.6 Å². The molecule has 0 aliphatic rings. The zero-order valence-corrected chi connectivity index (χ0v) is 11.2. The van der Waals surface area contributed by atoms with Crippen molar-refractivity contribution in [1.82, 2.24) is 14.5 Å². The van der Waals surface area contributed by atoms with E-state index in [-0.39, 0.29) is 16.2 Å². The number of hydrogen-bond acceptors (Lipinski definition) is 4. The Bertz CT molecular complexity index is 676. The van der Waals surface area contributed by atoms with E-state index in [1.807, 2.05) is 18.4 Å². The van der Waals surface area contributed by atoms with E-state index in [1.54, 1.807) is 12.4 Å². The molecule has 0 fully saturated rings. The fourth-order valence-corrected chi connectivity index (χ4v) is 2.65. The molecule has 0 atom stereocenters. The molecule has 0 N–H and O–H groups in total. The lowest BCUT2D eigenvalue weighted by molar-refractivity contribution is 0.599. The van der Waals surface area contributed by atoms with Gasteiger partial charge < -0.3 is 4.57 Å². The van der Waals surface area contributed by atoms with Crippen LogP contribution in [0, 0.1) is 0 Å². The average molecular weight is 274 g/mol. The summed E-state index contributed by atoms with van der Waals surface area (Å²) in [5, 5.41) is 0.0831. The largest absolute Gasteiger partial charge is 0.328 e. The van der Waals surface area contributed by atoms with Crippen molar-refractivity contribution in [2.24, 2.45) is 0 Å². The smallest absolute Gasteiger partial charge is 0.195 e. The number of halogens is 1. The lowest BCUT2D eigenvalue weighted by atomic mass is 10.3. The van der Waals surface area contributed by atoms with E-state index in [4.69, 9.17) is 11.6 Å². The van der Waals surface area contributed by atoms with Crippen LogP contribution in [0.25, 0.3) is 11.0 Å². The Kier molecular flexibility index (Phi) is 2.87. The van der Waals surface area contributed by atoms with E-state index in [0.717, 1.165) is 6.26 Å². The van der Waals surface area contributed by atoms with E-state index in [0.29, 0.717) is 11.0 Å². The van der Waals surface area contributed by atoms with Crippen LogP contribution in [0.3, 0.4) is 0 Å². The van der Waals surface area contributed by atoms with Gasteiger partial charge in [0.05, 0.1) is 11.8 Å². The number of rotatable bonds is 2. The molecule has 2 aromatic rings. The molecule has 0 radical (unpaired) electrons. The highest BCUT2D eigenvalue weighted by Crippen LogP contribution is 2.25. The van der Waals surface area contributed by atoms with E-state index >= 15 is 0 Å². The predicted octanol–water partition coefficient (Wildman–Crippen LogP) is 2.07. The Morgan fingerprint density at radius 1 is 1.41 bits per heavy atom. The highest BCUT2D eigenvalue weighted by molar-refractivity contribution is 7.90. The maximum absolute atomic E-state index is 11.6. The standard InChI is InChI=1S/C10H12ClN3O2S/c1-6(2)14-5-12-9-7(14)4-8(11)13-10(9)17(3,15)16/h4-6H,1-3H3. The van der Waals surface area contributed by atoms with Gasteiger partial charge in [-0.05, 0) is 13.8 Å². The van der Waals surface area contributed by atoms with Gasteiger partial charge in [-0.3, -0.25) is 0 Å². The van der Waals surface area contributed by atoms with Crippen LogP contribution in [0.15, 0.2) is 17.4 Å². The first-order chi connectivity index (χ1) is 7.80. The van der Waals surface area contributed by atoms with Crippen LogP contribution in [-0.2, 0) is 9.84 Å². The minimum atomic E-state index is -3.44. The van der Waals surface area contributed by atoms with E-state index in [9.17, 15) is 8.42 Å². The van der Waals surface area contributed by atoms with Crippen molar-refractivity contribution in [1.29, 1.82) is 0 Å². The molecular formula is C10H12ClN3O2S. The lowest BCUT2D eigenvalue weighted by Gasteiger charge is -2.08. The third kappa shape index (κ3) is 2.14. The molecule has 7 heteroatoms. The Hall–Kier alpha value is -1.14. The van der Waals surface area contributed by atoms with Crippen LogP contribution in [0.1, 0.15) is 19.9 Å². The maximum atomic E-state index is 11.6. The van der Waals surface area contributed by atoms with Crippen molar-refractivity contribution in [3.63, 3.8) is 0 Å². The SMILES string of the molecule is CC(C)n1cnc2c(S(C)(=O)=O)nc(Cl)cc21. The molecule has 0 aliphatic heterocycles. The molecule has 0 bridgehead atoms. The predicted molar refractivity (Wildman–Crippen MR) is 66.0 cm³/mol. The molecule has 5 nitrogen and oxygen atoms in total. The Balaban J connectivity index is 2.89. The van der Waals surface area contributed by atoms with Crippen LogP contribution in [0.4, 0.5) is 0 Å². The molecule has 0 saturated carbocycles. The van der Waals surface area contributed by atoms with Crippen molar-refractivity contribution in [3.8, 4) is 0 Å². The van der Waals surface area contributed by atoms with Gasteiger partial charge in [-0.2, -0.15) is 0 Å². The van der Waals surface area contributed by atoms with E-state index < -0.39 is 9.84 Å². The third-order valence-corrected chi connectivity index (χ3v) is 3.59. The number of hydrogen-bond donors (Lipinski definition) is 0. The fraction of sp³-hybridized carbons (Fsp3) is 0.400. The highest BCUT2D eigenvalue weighted by Gasteiger charge is 2.19. The van der Waals surface area contributed by atoms with Gasteiger partial charge in [0.1, 0.15) is 10.7 Å². The molecule has 0 aromatic carbocycles. The van der Waals surface area contributed by atoms with Gasteiger partial charge in [-0.25, -0.2) is 18.4 Å². The van der Waals surface area contributed by atoms with Gasteiger partial charge in [0.2, 0.25) is 0 Å². The van der Waals surface area contributed by atoms with Crippen LogP contribution in [-0.4, -0.2) is 29.2 Å². The summed E-state index contributed by atoms with van der Waals surface area (Å²) < 4.78 is 25.1. The molecule has 0 spiro atoms. The van der Waals surface area contributed by atoms with Crippen molar-refractivity contribution in [2.45, 2.75) is 24.9 Å². The molecule has 0 unspecified atom stereocenters. The zero-order valence-electron chi connectivity index (χ0n) is 9.68. The summed E-state index contributed by atoms with van der Waals surface area (Å²) in [6, 6.07) is 1.80. The van der Waals surface area contributed by atoms with Crippen LogP contribution < -0.4 is 0 Å². The summed E-state index contributed by atoms with van der Waals surface area (Å²) >= 11 is 5.85. The van der Waals surface area contributed by atoms with Crippen molar-refractivity contribution in [2.75, 3.05) is 6.26 Å². The molecule has 0 amide bonds. The Labute approximate surface area is 104 Å². The molecule has 2 heterocycles. The average Bonchev–Trinajstić information content (AvgIpc) is 2.57. The maximum Gasteiger partial charge on any atom is 0.195 e. The summed E-state index contributed by atoms with van der Waals surface area (Å²) in [7, 11) is -3.44. The molecule has 17 heavy (non-hydrogen) atoms. The first-order valence-electron chi connectivity index (χ1n) is 5.04. The van der Waals surface area contributed by atoms with Crippen LogP contribution in [0.2, 0.25) is 5.15 Å². The first-order valence-corrected chi connectivity index (χ1v) is 7.31. The topological polar surface area (TPSA) is 64.8 Å². The number of pyridine rings is 1. The van der Waals surface area contributed by atoms with E-state index in [2.05, 4.69) is 9.97 Å². The molecule has 92 valence electrons. The van der Waals surface area contributed by atoms with Crippen molar-refractivity contribution < 1.29 is 8.42 Å². The highest BCUT2D eigenvalue weighted by atomic mass is 35.5. The van der Waals surface area contributed by atoms with Gasteiger partial charge in [0.25, 0.3) is 0 Å². The second kappa shape index (κ2) is 3.96. The zero-order chi connectivity index (χ0) is 12.8. The Morgan fingerprint density at radius 3 is 2.59 bits per heavy atom. The number of fused-ring (bicyclic) bond motifs is 1. The van der Waals surface area contributed by atoms with Crippen molar-refractivity contribution in [3.05, 3.63) is 17.5 Å². The quantitative estimate of drug-likeness (QED) is 0.786. The van der Waals surface area contributed by atoms with Gasteiger partial charge in [0, 0.05) is 18.4 Å². The second-order valence-electron chi connectivity index (χ2n) is 4.14. The Morgan fingerprint density at radius 2 is 2.06 bits per heavy atom.